The number of amides is 1. The van der Waals surface area contributed by atoms with Crippen LogP contribution in [0.25, 0.3) is 0 Å². The van der Waals surface area contributed by atoms with Crippen LogP contribution in [0.3, 0.4) is 0 Å². The van der Waals surface area contributed by atoms with Crippen LogP contribution in [-0.2, 0) is 11.3 Å². The molecular weight excluding hydrogens is 344 g/mol. The molecule has 8 nitrogen and oxygen atoms in total. The van der Waals surface area contributed by atoms with Crippen LogP contribution in [-0.4, -0.2) is 57.4 Å². The Labute approximate surface area is 157 Å². The van der Waals surface area contributed by atoms with Gasteiger partial charge in [0.2, 0.25) is 11.9 Å². The van der Waals surface area contributed by atoms with Crippen molar-refractivity contribution in [1.29, 1.82) is 0 Å². The van der Waals surface area contributed by atoms with Gasteiger partial charge in [0.15, 0.2) is 0 Å². The summed E-state index contributed by atoms with van der Waals surface area (Å²) in [7, 11) is 3.49. The summed E-state index contributed by atoms with van der Waals surface area (Å²) in [6, 6.07) is 4.86. The summed E-state index contributed by atoms with van der Waals surface area (Å²) in [6.07, 6.45) is 4.41. The van der Waals surface area contributed by atoms with E-state index in [1.807, 2.05) is 6.07 Å². The van der Waals surface area contributed by atoms with Gasteiger partial charge in [-0.15, -0.1) is 0 Å². The minimum atomic E-state index is -0.453. The summed E-state index contributed by atoms with van der Waals surface area (Å²) in [6.45, 7) is 2.30. The predicted molar refractivity (Wildman–Crippen MR) is 101 cm³/mol. The number of nitrogens with zero attached hydrogens (tertiary/aromatic N) is 5. The number of likely N-dealkylation sites (tertiary alicyclic amines) is 1. The number of nitrogens with two attached hydrogens (primary N) is 1. The zero-order valence-corrected chi connectivity index (χ0v) is 15.6. The minimum Gasteiger partial charge on any atom is -0.368 e. The van der Waals surface area contributed by atoms with Gasteiger partial charge in [0.05, 0.1) is 0 Å². The van der Waals surface area contributed by atoms with Crippen LogP contribution >= 0.6 is 0 Å². The lowest BCUT2D eigenvalue weighted by Crippen LogP contribution is -2.52. The van der Waals surface area contributed by atoms with Gasteiger partial charge in [0.1, 0.15) is 6.04 Å². The molecule has 1 saturated heterocycles. The van der Waals surface area contributed by atoms with Crippen molar-refractivity contribution < 1.29 is 4.79 Å². The van der Waals surface area contributed by atoms with Crippen LogP contribution in [0, 0.1) is 5.92 Å². The van der Waals surface area contributed by atoms with Crippen molar-refractivity contribution in [3.63, 3.8) is 0 Å². The summed E-state index contributed by atoms with van der Waals surface area (Å²) >= 11 is 0. The quantitative estimate of drug-likeness (QED) is 0.846. The molecule has 1 fully saturated rings. The van der Waals surface area contributed by atoms with Gasteiger partial charge >= 0.3 is 0 Å². The topological polar surface area (TPSA) is 97.4 Å². The third-order valence-corrected chi connectivity index (χ3v) is 5.55. The van der Waals surface area contributed by atoms with E-state index in [0.717, 1.165) is 30.8 Å². The van der Waals surface area contributed by atoms with E-state index in [9.17, 15) is 9.59 Å². The second kappa shape index (κ2) is 6.77. The van der Waals surface area contributed by atoms with Gasteiger partial charge in [-0.25, -0.2) is 9.97 Å². The average molecular weight is 368 g/mol. The molecule has 2 bridgehead atoms. The molecule has 2 aliphatic heterocycles. The highest BCUT2D eigenvalue weighted by atomic mass is 16.2. The molecule has 2 aromatic heterocycles. The number of aromatic nitrogens is 3. The third-order valence-electron chi connectivity index (χ3n) is 5.55. The second-order valence-electron chi connectivity index (χ2n) is 7.67. The molecule has 1 amide bonds. The molecule has 27 heavy (non-hydrogen) atoms. The first kappa shape index (κ1) is 17.7. The molecule has 4 rings (SSSR count). The van der Waals surface area contributed by atoms with Gasteiger partial charge in [-0.2, -0.15) is 0 Å². The molecule has 4 heterocycles. The number of rotatable bonds is 3. The summed E-state index contributed by atoms with van der Waals surface area (Å²) in [5.41, 5.74) is 7.42. The van der Waals surface area contributed by atoms with Gasteiger partial charge in [-0.05, 0) is 12.5 Å². The lowest BCUT2D eigenvalue weighted by molar-refractivity contribution is -0.135. The summed E-state index contributed by atoms with van der Waals surface area (Å²) in [5.74, 6) is 0.574. The minimum absolute atomic E-state index is 0.0225. The van der Waals surface area contributed by atoms with E-state index >= 15 is 0 Å². The second-order valence-corrected chi connectivity index (χ2v) is 7.67. The molecule has 2 aliphatic rings. The first-order valence-corrected chi connectivity index (χ1v) is 9.15. The summed E-state index contributed by atoms with van der Waals surface area (Å²) in [5, 5.41) is 0. The highest BCUT2D eigenvalue weighted by molar-refractivity contribution is 5.80. The number of pyridine rings is 1. The molecule has 0 saturated carbocycles. The molecule has 0 aromatic carbocycles. The maximum atomic E-state index is 12.9. The average Bonchev–Trinajstić information content (AvgIpc) is 2.64. The number of piperidine rings is 1. The number of carbonyl (C=O) groups excluding carboxylic acids is 1. The highest BCUT2D eigenvalue weighted by Crippen LogP contribution is 2.41. The fourth-order valence-electron chi connectivity index (χ4n) is 4.44. The lowest BCUT2D eigenvalue weighted by Gasteiger charge is -2.46. The van der Waals surface area contributed by atoms with E-state index in [0.29, 0.717) is 6.54 Å². The first-order chi connectivity index (χ1) is 12.9. The van der Waals surface area contributed by atoms with Crippen molar-refractivity contribution in [2.45, 2.75) is 24.9 Å². The lowest BCUT2D eigenvalue weighted by atomic mass is 9.78. The van der Waals surface area contributed by atoms with E-state index in [-0.39, 0.29) is 29.3 Å². The molecule has 3 atom stereocenters. The summed E-state index contributed by atoms with van der Waals surface area (Å²) < 4.78 is 1.73. The van der Waals surface area contributed by atoms with Gasteiger partial charge in [-0.3, -0.25) is 19.1 Å². The maximum Gasteiger partial charge on any atom is 0.251 e. The Hall–Kier alpha value is -2.74. The molecule has 0 spiro atoms. The van der Waals surface area contributed by atoms with Crippen molar-refractivity contribution in [2.75, 3.05) is 32.9 Å². The van der Waals surface area contributed by atoms with E-state index in [1.54, 1.807) is 48.1 Å². The number of hydrogen-bond acceptors (Lipinski definition) is 6. The number of fused-ring (bicyclic) bond motifs is 4. The molecule has 2 aromatic rings. The fraction of sp³-hybridized carbons (Fsp3) is 0.474. The Morgan fingerprint density at radius 2 is 2.00 bits per heavy atom. The predicted octanol–water partition coefficient (Wildman–Crippen LogP) is 0.469. The molecule has 142 valence electrons. The van der Waals surface area contributed by atoms with Crippen molar-refractivity contribution in [3.05, 3.63) is 52.2 Å². The zero-order chi connectivity index (χ0) is 19.1. The first-order valence-electron chi connectivity index (χ1n) is 9.15. The molecule has 0 radical (unpaired) electrons. The molecule has 0 unspecified atom stereocenters. The van der Waals surface area contributed by atoms with Crippen LogP contribution in [0.5, 0.6) is 0 Å². The van der Waals surface area contributed by atoms with Gasteiger partial charge in [0.25, 0.3) is 5.56 Å². The number of hydrogen-bond donors (Lipinski definition) is 1. The Morgan fingerprint density at radius 3 is 2.70 bits per heavy atom. The Bertz CT molecular complexity index is 907. The Balaban J connectivity index is 1.68. The Morgan fingerprint density at radius 1 is 1.26 bits per heavy atom. The highest BCUT2D eigenvalue weighted by Gasteiger charge is 2.44. The normalized spacial score (nSPS) is 24.3. The number of carbonyl (C=O) groups is 1. The van der Waals surface area contributed by atoms with Crippen LogP contribution in [0.1, 0.15) is 29.6 Å². The van der Waals surface area contributed by atoms with E-state index in [2.05, 4.69) is 14.9 Å². The van der Waals surface area contributed by atoms with Crippen molar-refractivity contribution >= 4 is 11.9 Å². The zero-order valence-electron chi connectivity index (χ0n) is 15.6. The SMILES string of the molecule is CN(C)C(=O)[C@H]1[C@H]2C[C@H](CN(Cc3cnc(N)nc3)C2)c2cccc(=O)n21. The smallest absolute Gasteiger partial charge is 0.251 e. The van der Waals surface area contributed by atoms with Gasteiger partial charge in [0, 0.05) is 75.3 Å². The standard InChI is InChI=1S/C19H24N6O2/c1-23(2)18(27)17-14-6-13(15-4-3-5-16(26)25(15)17)10-24(11-14)9-12-7-21-19(20)22-8-12/h3-5,7-8,13-14,17H,6,9-11H2,1-2H3,(H2,20,21,22)/t13-,14+,17-/m1/s1. The number of likely N-dealkylation sites (N-methyl/N-ethyl adjacent to an activating group) is 1. The number of nitrogen functional groups attached to an aromatic ring is 1. The third kappa shape index (κ3) is 3.21. The van der Waals surface area contributed by atoms with E-state index in [1.165, 1.54) is 0 Å². The van der Waals surface area contributed by atoms with Crippen LogP contribution in [0.15, 0.2) is 35.4 Å². The van der Waals surface area contributed by atoms with Gasteiger partial charge < -0.3 is 10.6 Å². The van der Waals surface area contributed by atoms with Crippen molar-refractivity contribution in [2.24, 2.45) is 5.92 Å². The Kier molecular flexibility index (Phi) is 4.43. The van der Waals surface area contributed by atoms with Crippen LogP contribution in [0.4, 0.5) is 5.95 Å². The van der Waals surface area contributed by atoms with Crippen LogP contribution < -0.4 is 11.3 Å². The van der Waals surface area contributed by atoms with Gasteiger partial charge in [-0.1, -0.05) is 6.07 Å². The largest absolute Gasteiger partial charge is 0.368 e. The number of anilines is 1. The fourth-order valence-corrected chi connectivity index (χ4v) is 4.44. The molecule has 0 aliphatic carbocycles. The summed E-state index contributed by atoms with van der Waals surface area (Å²) in [4.78, 5) is 37.6. The van der Waals surface area contributed by atoms with E-state index < -0.39 is 6.04 Å². The van der Waals surface area contributed by atoms with Crippen molar-refractivity contribution in [1.82, 2.24) is 24.3 Å². The molecule has 2 N–H and O–H groups in total. The van der Waals surface area contributed by atoms with Crippen LogP contribution in [0.2, 0.25) is 0 Å². The van der Waals surface area contributed by atoms with E-state index in [4.69, 9.17) is 5.73 Å². The molecular formula is C19H24N6O2. The monoisotopic (exact) mass is 368 g/mol. The molecule has 8 heteroatoms. The maximum absolute atomic E-state index is 12.9. The van der Waals surface area contributed by atoms with Crippen molar-refractivity contribution in [3.8, 4) is 0 Å².